The van der Waals surface area contributed by atoms with Gasteiger partial charge in [-0.1, -0.05) is 18.2 Å². The number of para-hydroxylation sites is 1. The van der Waals surface area contributed by atoms with Crippen LogP contribution in [0.4, 0.5) is 0 Å². The topological polar surface area (TPSA) is 70.0 Å². The van der Waals surface area contributed by atoms with Gasteiger partial charge in [-0.2, -0.15) is 0 Å². The minimum Gasteiger partial charge on any atom is -0.479 e. The van der Waals surface area contributed by atoms with E-state index >= 15 is 0 Å². The Labute approximate surface area is 109 Å². The van der Waals surface area contributed by atoms with Gasteiger partial charge in [0.15, 0.2) is 0 Å². The normalized spacial score (nSPS) is 22.1. The fourth-order valence-electron chi connectivity index (χ4n) is 2.68. The summed E-state index contributed by atoms with van der Waals surface area (Å²) in [6.07, 6.45) is 2.07. The Kier molecular flexibility index (Phi) is 2.81. The third-order valence-electron chi connectivity index (χ3n) is 3.57. The zero-order valence-electron chi connectivity index (χ0n) is 10.4. The first kappa shape index (κ1) is 11.9. The smallest absolute Gasteiger partial charge is 0.336 e. The maximum absolute atomic E-state index is 12.4. The summed E-state index contributed by atoms with van der Waals surface area (Å²) in [5, 5.41) is 10.5. The van der Waals surface area contributed by atoms with E-state index in [0.29, 0.717) is 11.1 Å². The molecule has 1 N–H and O–H groups in total. The van der Waals surface area contributed by atoms with Crippen LogP contribution in [0.5, 0.6) is 0 Å². The van der Waals surface area contributed by atoms with Crippen LogP contribution >= 0.6 is 0 Å². The largest absolute Gasteiger partial charge is 0.479 e. The van der Waals surface area contributed by atoms with Gasteiger partial charge in [0.05, 0.1) is 11.1 Å². The second-order valence-corrected chi connectivity index (χ2v) is 4.79. The predicted octanol–water partition coefficient (Wildman–Crippen LogP) is -0.454. The van der Waals surface area contributed by atoms with Gasteiger partial charge in [0, 0.05) is 18.3 Å². The first-order valence-corrected chi connectivity index (χ1v) is 6.37. The highest BCUT2D eigenvalue weighted by atomic mass is 16.4. The Hall–Kier alpha value is -2.17. The van der Waals surface area contributed by atoms with Crippen LogP contribution in [0.3, 0.4) is 0 Å². The van der Waals surface area contributed by atoms with Crippen LogP contribution in [0, 0.1) is 0 Å². The lowest BCUT2D eigenvalue weighted by Gasteiger charge is -2.24. The molecule has 0 saturated carbocycles. The van der Waals surface area contributed by atoms with Crippen LogP contribution in [0.25, 0.3) is 5.70 Å². The number of benzene rings is 1. The molecule has 1 unspecified atom stereocenters. The third kappa shape index (κ3) is 1.91. The maximum Gasteiger partial charge on any atom is 0.336 e. The lowest BCUT2D eigenvalue weighted by Crippen LogP contribution is -2.47. The van der Waals surface area contributed by atoms with E-state index in [4.69, 9.17) is 5.11 Å². The SMILES string of the molecule is O=C(O)C1N=c2ccccc2=C(N2CCCC2)C1=O. The van der Waals surface area contributed by atoms with Crippen molar-refractivity contribution in [2.75, 3.05) is 13.1 Å². The minimum atomic E-state index is -1.30. The number of carbonyl (C=O) groups is 2. The molecule has 5 heteroatoms. The van der Waals surface area contributed by atoms with E-state index in [1.54, 1.807) is 12.1 Å². The van der Waals surface area contributed by atoms with E-state index in [9.17, 15) is 9.59 Å². The average Bonchev–Trinajstić information content (AvgIpc) is 2.91. The molecule has 2 aliphatic heterocycles. The third-order valence-corrected chi connectivity index (χ3v) is 3.57. The number of hydrogen-bond acceptors (Lipinski definition) is 4. The number of fused-ring (bicyclic) bond motifs is 1. The molecule has 98 valence electrons. The molecule has 0 radical (unpaired) electrons. The van der Waals surface area contributed by atoms with Gasteiger partial charge in [-0.15, -0.1) is 0 Å². The highest BCUT2D eigenvalue weighted by Gasteiger charge is 2.34. The Bertz CT molecular complexity index is 660. The van der Waals surface area contributed by atoms with Gasteiger partial charge in [0.25, 0.3) is 0 Å². The molecule has 5 nitrogen and oxygen atoms in total. The number of Topliss-reactive ketones (excluding diaryl/α,β-unsaturated/α-hetero) is 1. The zero-order valence-corrected chi connectivity index (χ0v) is 10.4. The van der Waals surface area contributed by atoms with Crippen LogP contribution in [-0.4, -0.2) is 40.9 Å². The van der Waals surface area contributed by atoms with Crippen LogP contribution < -0.4 is 10.6 Å². The molecule has 1 aromatic carbocycles. The summed E-state index contributed by atoms with van der Waals surface area (Å²) >= 11 is 0. The number of hydrogen-bond donors (Lipinski definition) is 1. The highest BCUT2D eigenvalue weighted by Crippen LogP contribution is 2.18. The van der Waals surface area contributed by atoms with E-state index in [1.807, 2.05) is 17.0 Å². The number of nitrogens with zero attached hydrogens (tertiary/aromatic N) is 2. The van der Waals surface area contributed by atoms with Crippen LogP contribution in [0.1, 0.15) is 12.8 Å². The van der Waals surface area contributed by atoms with Crippen LogP contribution in [0.15, 0.2) is 29.3 Å². The summed E-state index contributed by atoms with van der Waals surface area (Å²) in [7, 11) is 0. The molecule has 0 spiro atoms. The van der Waals surface area contributed by atoms with E-state index in [2.05, 4.69) is 4.99 Å². The van der Waals surface area contributed by atoms with Gasteiger partial charge in [0.1, 0.15) is 0 Å². The standard InChI is InChI=1S/C14H14N2O3/c17-13-11(14(18)19)15-10-6-2-1-5-9(10)12(13)16-7-3-4-8-16/h1-2,5-6,11H,3-4,7-8H2,(H,18,19). The lowest BCUT2D eigenvalue weighted by atomic mass is 10.0. The first-order valence-electron chi connectivity index (χ1n) is 6.37. The highest BCUT2D eigenvalue weighted by molar-refractivity contribution is 6.24. The van der Waals surface area contributed by atoms with Crippen LogP contribution in [0.2, 0.25) is 0 Å². The number of ketones is 1. The first-order chi connectivity index (χ1) is 9.18. The molecule has 1 saturated heterocycles. The Balaban J connectivity index is 2.25. The van der Waals surface area contributed by atoms with Gasteiger partial charge in [-0.3, -0.25) is 9.79 Å². The monoisotopic (exact) mass is 258 g/mol. The van der Waals surface area contributed by atoms with E-state index < -0.39 is 17.8 Å². The van der Waals surface area contributed by atoms with Crippen molar-refractivity contribution in [3.8, 4) is 0 Å². The second-order valence-electron chi connectivity index (χ2n) is 4.79. The summed E-state index contributed by atoms with van der Waals surface area (Å²) in [5.41, 5.74) is 0.524. The Morgan fingerprint density at radius 3 is 2.63 bits per heavy atom. The Morgan fingerprint density at radius 1 is 1.26 bits per heavy atom. The van der Waals surface area contributed by atoms with Crippen molar-refractivity contribution in [3.63, 3.8) is 0 Å². The molecule has 19 heavy (non-hydrogen) atoms. The number of rotatable bonds is 2. The zero-order chi connectivity index (χ0) is 13.4. The van der Waals surface area contributed by atoms with Crippen molar-refractivity contribution in [2.24, 2.45) is 4.99 Å². The van der Waals surface area contributed by atoms with Crippen molar-refractivity contribution >= 4 is 17.4 Å². The van der Waals surface area contributed by atoms with Gasteiger partial charge >= 0.3 is 5.97 Å². The molecule has 1 aromatic rings. The van der Waals surface area contributed by atoms with Gasteiger partial charge < -0.3 is 10.0 Å². The van der Waals surface area contributed by atoms with Crippen molar-refractivity contribution in [3.05, 3.63) is 34.8 Å². The number of carboxylic acid groups (broad SMARTS) is 1. The van der Waals surface area contributed by atoms with Crippen molar-refractivity contribution in [1.82, 2.24) is 4.90 Å². The second kappa shape index (κ2) is 4.50. The molecular formula is C14H14N2O3. The molecule has 1 fully saturated rings. The van der Waals surface area contributed by atoms with Crippen molar-refractivity contribution < 1.29 is 14.7 Å². The molecule has 0 bridgehead atoms. The van der Waals surface area contributed by atoms with E-state index in [0.717, 1.165) is 31.1 Å². The molecule has 1 atom stereocenters. The molecular weight excluding hydrogens is 244 g/mol. The fourth-order valence-corrected chi connectivity index (χ4v) is 2.68. The number of carboxylic acids is 1. The van der Waals surface area contributed by atoms with Gasteiger partial charge in [-0.25, -0.2) is 4.79 Å². The summed E-state index contributed by atoms with van der Waals surface area (Å²) in [5.74, 6) is -1.58. The summed E-state index contributed by atoms with van der Waals surface area (Å²) in [4.78, 5) is 29.6. The molecule has 2 aliphatic rings. The van der Waals surface area contributed by atoms with Crippen molar-refractivity contribution in [2.45, 2.75) is 18.9 Å². The summed E-state index contributed by atoms with van der Waals surface area (Å²) in [6.45, 7) is 1.61. The van der Waals surface area contributed by atoms with Gasteiger partial charge in [-0.05, 0) is 18.9 Å². The number of carbonyl (C=O) groups excluding carboxylic acids is 1. The minimum absolute atomic E-state index is 0.395. The number of likely N-dealkylation sites (tertiary alicyclic amines) is 1. The molecule has 0 aliphatic carbocycles. The van der Waals surface area contributed by atoms with Crippen LogP contribution in [-0.2, 0) is 9.59 Å². The quantitative estimate of drug-likeness (QED) is 0.729. The molecule has 0 aromatic heterocycles. The molecule has 0 amide bonds. The van der Waals surface area contributed by atoms with Crippen molar-refractivity contribution in [1.29, 1.82) is 0 Å². The van der Waals surface area contributed by atoms with E-state index in [-0.39, 0.29) is 0 Å². The molecule has 2 heterocycles. The molecule has 3 rings (SSSR count). The lowest BCUT2D eigenvalue weighted by molar-refractivity contribution is -0.141. The fraction of sp³-hybridized carbons (Fsp3) is 0.357. The Morgan fingerprint density at radius 2 is 1.95 bits per heavy atom. The predicted molar refractivity (Wildman–Crippen MR) is 67.9 cm³/mol. The van der Waals surface area contributed by atoms with Gasteiger partial charge in [0.2, 0.25) is 11.8 Å². The maximum atomic E-state index is 12.4. The summed E-state index contributed by atoms with van der Waals surface area (Å²) in [6, 6.07) is 5.94. The van der Waals surface area contributed by atoms with E-state index in [1.165, 1.54) is 0 Å². The summed E-state index contributed by atoms with van der Waals surface area (Å²) < 4.78 is 0. The number of aliphatic carboxylic acids is 1. The average molecular weight is 258 g/mol.